The van der Waals surface area contributed by atoms with E-state index >= 15 is 0 Å². The van der Waals surface area contributed by atoms with Crippen LogP contribution in [0.15, 0.2) is 59.8 Å². The summed E-state index contributed by atoms with van der Waals surface area (Å²) in [5.41, 5.74) is 2.02. The van der Waals surface area contributed by atoms with Crippen LogP contribution in [0.2, 0.25) is 0 Å². The molecule has 1 aromatic heterocycles. The molecule has 1 atom stereocenters. The maximum atomic E-state index is 12.4. The number of aromatic nitrogens is 3. The second-order valence-corrected chi connectivity index (χ2v) is 7.73. The molecule has 0 aliphatic rings. The van der Waals surface area contributed by atoms with Crippen molar-refractivity contribution < 1.29 is 9.53 Å². The summed E-state index contributed by atoms with van der Waals surface area (Å²) in [4.78, 5) is 12.4. The first-order chi connectivity index (χ1) is 14.1. The monoisotopic (exact) mass is 411 g/mol. The number of hydrogen-bond acceptors (Lipinski definition) is 6. The lowest BCUT2D eigenvalue weighted by Crippen LogP contribution is -2.32. The Hall–Kier alpha value is -3.00. The lowest BCUT2D eigenvalue weighted by Gasteiger charge is -2.11. The van der Waals surface area contributed by atoms with Crippen LogP contribution in [-0.2, 0) is 11.2 Å². The topological polar surface area (TPSA) is 95.1 Å². The normalized spacial score (nSPS) is 11.8. The van der Waals surface area contributed by atoms with Crippen molar-refractivity contribution in [3.8, 4) is 17.1 Å². The van der Waals surface area contributed by atoms with Gasteiger partial charge < -0.3 is 15.9 Å². The number of ether oxygens (including phenoxy) is 1. The Morgan fingerprint density at radius 3 is 2.59 bits per heavy atom. The Morgan fingerprint density at radius 1 is 1.17 bits per heavy atom. The number of nitrogens with one attached hydrogen (secondary N) is 1. The smallest absolute Gasteiger partial charge is 0.233 e. The van der Waals surface area contributed by atoms with E-state index < -0.39 is 0 Å². The van der Waals surface area contributed by atoms with Crippen LogP contribution in [0.5, 0.6) is 5.75 Å². The molecule has 29 heavy (non-hydrogen) atoms. The van der Waals surface area contributed by atoms with Gasteiger partial charge in [-0.2, -0.15) is 0 Å². The maximum Gasteiger partial charge on any atom is 0.233 e. The van der Waals surface area contributed by atoms with E-state index in [2.05, 4.69) is 15.5 Å². The van der Waals surface area contributed by atoms with Crippen molar-refractivity contribution in [2.24, 2.45) is 0 Å². The number of nitrogens with two attached hydrogens (primary N) is 1. The molecule has 0 spiro atoms. The van der Waals surface area contributed by atoms with Gasteiger partial charge >= 0.3 is 0 Å². The first kappa shape index (κ1) is 20.7. The van der Waals surface area contributed by atoms with E-state index in [0.29, 0.717) is 24.1 Å². The van der Waals surface area contributed by atoms with E-state index in [1.54, 1.807) is 0 Å². The Morgan fingerprint density at radius 2 is 1.90 bits per heavy atom. The van der Waals surface area contributed by atoms with E-state index in [1.165, 1.54) is 22.0 Å². The molecular formula is C21H25N5O2S. The third-order valence-corrected chi connectivity index (χ3v) is 5.35. The molecule has 3 aromatic rings. The number of nitrogens with zero attached hydrogens (tertiary/aromatic N) is 3. The molecule has 3 N–H and O–H groups in total. The van der Waals surface area contributed by atoms with Gasteiger partial charge in [-0.3, -0.25) is 4.79 Å². The lowest BCUT2D eigenvalue weighted by molar-refractivity contribution is -0.120. The van der Waals surface area contributed by atoms with Crippen LogP contribution in [0.3, 0.4) is 0 Å². The average Bonchev–Trinajstić information content (AvgIpc) is 3.09. The number of benzene rings is 2. The minimum atomic E-state index is -0.342. The quantitative estimate of drug-likeness (QED) is 0.415. The summed E-state index contributed by atoms with van der Waals surface area (Å²) < 4.78 is 6.86. The Bertz CT molecular complexity index is 928. The van der Waals surface area contributed by atoms with Crippen LogP contribution in [0.25, 0.3) is 11.4 Å². The highest BCUT2D eigenvalue weighted by molar-refractivity contribution is 8.00. The summed E-state index contributed by atoms with van der Waals surface area (Å²) in [6.45, 7) is 4.96. The largest absolute Gasteiger partial charge is 0.494 e. The predicted molar refractivity (Wildman–Crippen MR) is 115 cm³/mol. The number of nitrogen functional groups attached to an aromatic ring is 1. The standard InChI is InChI=1S/C21H25N5O2S/c1-3-28-18-11-9-17(10-12-18)19-24-25-21(26(19)22)29-15(2)20(27)23-14-13-16-7-5-4-6-8-16/h4-12,15H,3,13-14,22H2,1-2H3,(H,23,27)/t15-/m0/s1. The second kappa shape index (κ2) is 9.97. The first-order valence-corrected chi connectivity index (χ1v) is 10.4. The zero-order valence-electron chi connectivity index (χ0n) is 16.5. The van der Waals surface area contributed by atoms with Crippen molar-refractivity contribution in [3.05, 3.63) is 60.2 Å². The average molecular weight is 412 g/mol. The molecular weight excluding hydrogens is 386 g/mol. The molecule has 0 fully saturated rings. The van der Waals surface area contributed by atoms with Crippen LogP contribution in [0.4, 0.5) is 0 Å². The van der Waals surface area contributed by atoms with Gasteiger partial charge in [-0.1, -0.05) is 42.1 Å². The maximum absolute atomic E-state index is 12.4. The number of carbonyl (C=O) groups excluding carboxylic acids is 1. The zero-order valence-corrected chi connectivity index (χ0v) is 17.4. The Labute approximate surface area is 174 Å². The van der Waals surface area contributed by atoms with Crippen molar-refractivity contribution in [3.63, 3.8) is 0 Å². The van der Waals surface area contributed by atoms with Crippen LogP contribution in [0.1, 0.15) is 19.4 Å². The zero-order chi connectivity index (χ0) is 20.6. The molecule has 0 bridgehead atoms. The SMILES string of the molecule is CCOc1ccc(-c2nnc(S[C@@H](C)C(=O)NCCc3ccccc3)n2N)cc1. The summed E-state index contributed by atoms with van der Waals surface area (Å²) in [5.74, 6) is 7.43. The van der Waals surface area contributed by atoms with Gasteiger partial charge in [0.2, 0.25) is 11.1 Å². The molecule has 0 unspecified atom stereocenters. The van der Waals surface area contributed by atoms with Gasteiger partial charge in [-0.15, -0.1) is 10.2 Å². The fraction of sp³-hybridized carbons (Fsp3) is 0.286. The van der Waals surface area contributed by atoms with Gasteiger partial charge in [-0.05, 0) is 50.1 Å². The van der Waals surface area contributed by atoms with Crippen molar-refractivity contribution in [1.29, 1.82) is 0 Å². The van der Waals surface area contributed by atoms with E-state index in [-0.39, 0.29) is 11.2 Å². The number of carbonyl (C=O) groups is 1. The molecule has 0 saturated heterocycles. The molecule has 1 amide bonds. The molecule has 3 rings (SSSR count). The van der Waals surface area contributed by atoms with E-state index in [9.17, 15) is 4.79 Å². The van der Waals surface area contributed by atoms with Gasteiger partial charge in [0.25, 0.3) is 0 Å². The van der Waals surface area contributed by atoms with Gasteiger partial charge in [0.15, 0.2) is 5.82 Å². The minimum Gasteiger partial charge on any atom is -0.494 e. The van der Waals surface area contributed by atoms with Gasteiger partial charge in [0.05, 0.1) is 11.9 Å². The summed E-state index contributed by atoms with van der Waals surface area (Å²) in [5, 5.41) is 11.4. The number of rotatable bonds is 9. The fourth-order valence-electron chi connectivity index (χ4n) is 2.75. The molecule has 2 aromatic carbocycles. The van der Waals surface area contributed by atoms with Gasteiger partial charge in [0, 0.05) is 12.1 Å². The molecule has 0 aliphatic heterocycles. The van der Waals surface area contributed by atoms with Gasteiger partial charge in [-0.25, -0.2) is 4.68 Å². The molecule has 7 nitrogen and oxygen atoms in total. The summed E-state index contributed by atoms with van der Waals surface area (Å²) >= 11 is 1.28. The lowest BCUT2D eigenvalue weighted by atomic mass is 10.1. The van der Waals surface area contributed by atoms with E-state index in [0.717, 1.165) is 17.7 Å². The molecule has 1 heterocycles. The second-order valence-electron chi connectivity index (χ2n) is 6.42. The highest BCUT2D eigenvalue weighted by atomic mass is 32.2. The molecule has 0 saturated carbocycles. The Kier molecular flexibility index (Phi) is 7.13. The summed E-state index contributed by atoms with van der Waals surface area (Å²) in [6, 6.07) is 17.5. The molecule has 0 aliphatic carbocycles. The number of hydrogen-bond donors (Lipinski definition) is 2. The summed E-state index contributed by atoms with van der Waals surface area (Å²) in [7, 11) is 0. The third-order valence-electron chi connectivity index (χ3n) is 4.30. The number of thioether (sulfide) groups is 1. The highest BCUT2D eigenvalue weighted by Crippen LogP contribution is 2.26. The number of amides is 1. The van der Waals surface area contributed by atoms with Crippen LogP contribution in [0, 0.1) is 0 Å². The van der Waals surface area contributed by atoms with Crippen LogP contribution < -0.4 is 15.9 Å². The molecule has 8 heteroatoms. The molecule has 152 valence electrons. The van der Waals surface area contributed by atoms with Crippen molar-refractivity contribution in [2.75, 3.05) is 19.0 Å². The summed E-state index contributed by atoms with van der Waals surface area (Å²) in [6.07, 6.45) is 0.791. The molecule has 0 radical (unpaired) electrons. The van der Waals surface area contributed by atoms with Crippen molar-refractivity contribution in [2.45, 2.75) is 30.7 Å². The first-order valence-electron chi connectivity index (χ1n) is 9.50. The van der Waals surface area contributed by atoms with Crippen LogP contribution >= 0.6 is 11.8 Å². The highest BCUT2D eigenvalue weighted by Gasteiger charge is 2.19. The van der Waals surface area contributed by atoms with Gasteiger partial charge in [0.1, 0.15) is 5.75 Å². The van der Waals surface area contributed by atoms with E-state index in [1.807, 2.05) is 68.4 Å². The Balaban J connectivity index is 1.56. The predicted octanol–water partition coefficient (Wildman–Crippen LogP) is 2.90. The van der Waals surface area contributed by atoms with Crippen molar-refractivity contribution in [1.82, 2.24) is 20.2 Å². The third kappa shape index (κ3) is 5.51. The fourth-order valence-corrected chi connectivity index (χ4v) is 3.55. The van der Waals surface area contributed by atoms with Crippen LogP contribution in [-0.4, -0.2) is 39.2 Å². The minimum absolute atomic E-state index is 0.0588. The van der Waals surface area contributed by atoms with E-state index in [4.69, 9.17) is 10.6 Å². The van der Waals surface area contributed by atoms with Crippen molar-refractivity contribution >= 4 is 17.7 Å².